The molecule has 116 valence electrons. The quantitative estimate of drug-likeness (QED) is 0.944. The third kappa shape index (κ3) is 3.77. The van der Waals surface area contributed by atoms with Crippen LogP contribution in [-0.4, -0.2) is 23.4 Å². The molecule has 2 aromatic carbocycles. The smallest absolute Gasteiger partial charge is 0.241 e. The first-order valence-electron chi connectivity index (χ1n) is 7.85. The summed E-state index contributed by atoms with van der Waals surface area (Å²) in [5.41, 5.74) is 2.62. The number of rotatable bonds is 4. The van der Waals surface area contributed by atoms with Crippen LogP contribution < -0.4 is 5.32 Å². The minimum Gasteiger partial charge on any atom is -0.325 e. The fourth-order valence-corrected chi connectivity index (χ4v) is 2.98. The van der Waals surface area contributed by atoms with Crippen molar-refractivity contribution in [3.63, 3.8) is 0 Å². The second-order valence-electron chi connectivity index (χ2n) is 5.79. The van der Waals surface area contributed by atoms with Crippen LogP contribution >= 0.6 is 0 Å². The lowest BCUT2D eigenvalue weighted by Gasteiger charge is -2.23. The summed E-state index contributed by atoms with van der Waals surface area (Å²) in [6, 6.07) is 19.2. The van der Waals surface area contributed by atoms with Crippen LogP contribution in [0.3, 0.4) is 0 Å². The first-order chi connectivity index (χ1) is 11.3. The van der Waals surface area contributed by atoms with Crippen LogP contribution in [0.2, 0.25) is 0 Å². The molecule has 1 N–H and O–H groups in total. The van der Waals surface area contributed by atoms with E-state index in [0.717, 1.165) is 37.2 Å². The summed E-state index contributed by atoms with van der Waals surface area (Å²) in [5.74, 6) is 0.0577. The van der Waals surface area contributed by atoms with Gasteiger partial charge in [0.2, 0.25) is 5.91 Å². The number of hydrogen-bond acceptors (Lipinski definition) is 3. The molecular weight excluding hydrogens is 286 g/mol. The van der Waals surface area contributed by atoms with Crippen LogP contribution in [0, 0.1) is 11.3 Å². The highest BCUT2D eigenvalue weighted by Gasteiger charge is 2.30. The van der Waals surface area contributed by atoms with Crippen molar-refractivity contribution in [2.75, 3.05) is 11.9 Å². The highest BCUT2D eigenvalue weighted by atomic mass is 16.2. The highest BCUT2D eigenvalue weighted by molar-refractivity contribution is 5.94. The predicted molar refractivity (Wildman–Crippen MR) is 89.7 cm³/mol. The molecule has 1 aliphatic heterocycles. The number of nitrogens with zero attached hydrogens (tertiary/aromatic N) is 2. The van der Waals surface area contributed by atoms with Crippen molar-refractivity contribution in [2.45, 2.75) is 25.4 Å². The van der Waals surface area contributed by atoms with E-state index in [4.69, 9.17) is 5.26 Å². The SMILES string of the molecule is N#Cc1ccc(CN2CCC[C@@H]2C(=O)Nc2ccccc2)cc1. The molecule has 1 aliphatic rings. The second-order valence-corrected chi connectivity index (χ2v) is 5.79. The largest absolute Gasteiger partial charge is 0.325 e. The monoisotopic (exact) mass is 305 g/mol. The Morgan fingerprint density at radius 1 is 1.17 bits per heavy atom. The van der Waals surface area contributed by atoms with E-state index in [-0.39, 0.29) is 11.9 Å². The molecule has 1 fully saturated rings. The fourth-order valence-electron chi connectivity index (χ4n) is 2.98. The van der Waals surface area contributed by atoms with Gasteiger partial charge in [-0.25, -0.2) is 0 Å². The highest BCUT2D eigenvalue weighted by Crippen LogP contribution is 2.22. The van der Waals surface area contributed by atoms with Crippen molar-refractivity contribution < 1.29 is 4.79 Å². The van der Waals surface area contributed by atoms with Gasteiger partial charge in [0, 0.05) is 12.2 Å². The van der Waals surface area contributed by atoms with E-state index in [1.165, 1.54) is 0 Å². The van der Waals surface area contributed by atoms with Crippen LogP contribution in [-0.2, 0) is 11.3 Å². The standard InChI is InChI=1S/C19H19N3O/c20-13-15-8-10-16(11-9-15)14-22-12-4-7-18(22)19(23)21-17-5-2-1-3-6-17/h1-3,5-6,8-11,18H,4,7,12,14H2,(H,21,23)/t18-/m1/s1. The van der Waals surface area contributed by atoms with Crippen molar-refractivity contribution in [1.82, 2.24) is 4.90 Å². The molecule has 0 aliphatic carbocycles. The Labute approximate surface area is 136 Å². The zero-order valence-electron chi connectivity index (χ0n) is 12.9. The van der Waals surface area contributed by atoms with Gasteiger partial charge in [-0.2, -0.15) is 5.26 Å². The maximum Gasteiger partial charge on any atom is 0.241 e. The lowest BCUT2D eigenvalue weighted by atomic mass is 10.1. The van der Waals surface area contributed by atoms with Crippen molar-refractivity contribution >= 4 is 11.6 Å². The Morgan fingerprint density at radius 2 is 1.91 bits per heavy atom. The van der Waals surface area contributed by atoms with Gasteiger partial charge in [0.25, 0.3) is 0 Å². The molecule has 0 saturated carbocycles. The lowest BCUT2D eigenvalue weighted by Crippen LogP contribution is -2.39. The van der Waals surface area contributed by atoms with Crippen molar-refractivity contribution in [3.8, 4) is 6.07 Å². The molecule has 1 heterocycles. The zero-order valence-corrected chi connectivity index (χ0v) is 12.9. The topological polar surface area (TPSA) is 56.1 Å². The van der Waals surface area contributed by atoms with E-state index < -0.39 is 0 Å². The van der Waals surface area contributed by atoms with Crippen molar-refractivity contribution in [2.24, 2.45) is 0 Å². The minimum absolute atomic E-state index is 0.0577. The molecule has 0 radical (unpaired) electrons. The summed E-state index contributed by atoms with van der Waals surface area (Å²) in [6.45, 7) is 1.66. The molecule has 0 unspecified atom stereocenters. The van der Waals surface area contributed by atoms with Gasteiger partial charge < -0.3 is 5.32 Å². The van der Waals surface area contributed by atoms with E-state index in [2.05, 4.69) is 16.3 Å². The maximum atomic E-state index is 12.5. The first kappa shape index (κ1) is 15.3. The normalized spacial score (nSPS) is 17.6. The van der Waals surface area contributed by atoms with E-state index in [9.17, 15) is 4.79 Å². The summed E-state index contributed by atoms with van der Waals surface area (Å²) in [6.07, 6.45) is 1.91. The number of nitriles is 1. The number of hydrogen-bond donors (Lipinski definition) is 1. The van der Waals surface area contributed by atoms with Crippen molar-refractivity contribution in [1.29, 1.82) is 5.26 Å². The molecule has 1 amide bonds. The Bertz CT molecular complexity index is 704. The number of carbonyl (C=O) groups is 1. The number of benzene rings is 2. The average Bonchev–Trinajstić information content (AvgIpc) is 3.05. The molecule has 1 atom stereocenters. The molecular formula is C19H19N3O. The zero-order chi connectivity index (χ0) is 16.1. The number of carbonyl (C=O) groups excluding carboxylic acids is 1. The van der Waals surface area contributed by atoms with E-state index in [1.54, 1.807) is 0 Å². The van der Waals surface area contributed by atoms with Crippen LogP contribution in [0.1, 0.15) is 24.0 Å². The summed E-state index contributed by atoms with van der Waals surface area (Å²) in [7, 11) is 0. The Morgan fingerprint density at radius 3 is 2.61 bits per heavy atom. The number of nitrogens with one attached hydrogen (secondary N) is 1. The fraction of sp³-hybridized carbons (Fsp3) is 0.263. The molecule has 1 saturated heterocycles. The van der Waals surface area contributed by atoms with E-state index >= 15 is 0 Å². The van der Waals surface area contributed by atoms with Gasteiger partial charge in [-0.15, -0.1) is 0 Å². The number of para-hydroxylation sites is 1. The number of anilines is 1. The minimum atomic E-state index is -0.0918. The molecule has 23 heavy (non-hydrogen) atoms. The Hall–Kier alpha value is -2.64. The maximum absolute atomic E-state index is 12.5. The van der Waals surface area contributed by atoms with Crippen LogP contribution in [0.15, 0.2) is 54.6 Å². The third-order valence-corrected chi connectivity index (χ3v) is 4.18. The van der Waals surface area contributed by atoms with Crippen LogP contribution in [0.4, 0.5) is 5.69 Å². The molecule has 0 bridgehead atoms. The lowest BCUT2D eigenvalue weighted by molar-refractivity contribution is -0.120. The molecule has 4 heteroatoms. The van der Waals surface area contributed by atoms with Gasteiger partial charge in [0.05, 0.1) is 17.7 Å². The molecule has 4 nitrogen and oxygen atoms in total. The number of likely N-dealkylation sites (tertiary alicyclic amines) is 1. The Balaban J connectivity index is 1.65. The Kier molecular flexibility index (Phi) is 4.70. The van der Waals surface area contributed by atoms with E-state index in [1.807, 2.05) is 54.6 Å². The van der Waals surface area contributed by atoms with Gasteiger partial charge in [-0.3, -0.25) is 9.69 Å². The van der Waals surface area contributed by atoms with Gasteiger partial charge in [0.15, 0.2) is 0 Å². The van der Waals surface area contributed by atoms with Crippen LogP contribution in [0.5, 0.6) is 0 Å². The van der Waals surface area contributed by atoms with Gasteiger partial charge >= 0.3 is 0 Å². The van der Waals surface area contributed by atoms with Gasteiger partial charge in [-0.05, 0) is 49.2 Å². The van der Waals surface area contributed by atoms with E-state index in [0.29, 0.717) is 5.56 Å². The predicted octanol–water partition coefficient (Wildman–Crippen LogP) is 3.16. The van der Waals surface area contributed by atoms with Gasteiger partial charge in [0.1, 0.15) is 0 Å². The summed E-state index contributed by atoms with van der Waals surface area (Å²) in [4.78, 5) is 14.7. The second kappa shape index (κ2) is 7.08. The summed E-state index contributed by atoms with van der Waals surface area (Å²) in [5, 5.41) is 11.8. The first-order valence-corrected chi connectivity index (χ1v) is 7.85. The molecule has 0 aromatic heterocycles. The summed E-state index contributed by atoms with van der Waals surface area (Å²) >= 11 is 0. The molecule has 0 spiro atoms. The summed E-state index contributed by atoms with van der Waals surface area (Å²) < 4.78 is 0. The number of amides is 1. The third-order valence-electron chi connectivity index (χ3n) is 4.18. The van der Waals surface area contributed by atoms with Crippen molar-refractivity contribution in [3.05, 3.63) is 65.7 Å². The average molecular weight is 305 g/mol. The molecule has 3 rings (SSSR count). The van der Waals surface area contributed by atoms with Crippen LogP contribution in [0.25, 0.3) is 0 Å². The van der Waals surface area contributed by atoms with Gasteiger partial charge in [-0.1, -0.05) is 30.3 Å². The molecule has 2 aromatic rings.